The van der Waals surface area contributed by atoms with Crippen molar-refractivity contribution in [1.82, 2.24) is 4.57 Å². The van der Waals surface area contributed by atoms with Gasteiger partial charge in [-0.3, -0.25) is 5.41 Å². The van der Waals surface area contributed by atoms with E-state index in [0.29, 0.717) is 11.1 Å². The average molecular weight is 267 g/mol. The molecule has 100 valence electrons. The van der Waals surface area contributed by atoms with E-state index in [1.54, 1.807) is 18.5 Å². The Balaban J connectivity index is 2.42. The van der Waals surface area contributed by atoms with Crippen LogP contribution in [-0.4, -0.2) is 21.7 Å². The van der Waals surface area contributed by atoms with Crippen molar-refractivity contribution < 1.29 is 9.84 Å². The molecule has 5 nitrogen and oxygen atoms in total. The predicted octanol–water partition coefficient (Wildman–Crippen LogP) is 2.56. The van der Waals surface area contributed by atoms with Crippen LogP contribution in [0.25, 0.3) is 16.5 Å². The van der Waals surface area contributed by atoms with Crippen LogP contribution in [0.3, 0.4) is 0 Å². The van der Waals surface area contributed by atoms with Crippen molar-refractivity contribution in [3.63, 3.8) is 0 Å². The number of fused-ring (bicyclic) bond motifs is 1. The number of nitriles is 1. The molecule has 2 heterocycles. The van der Waals surface area contributed by atoms with Crippen LogP contribution < -0.4 is 0 Å². The molecule has 1 aromatic heterocycles. The van der Waals surface area contributed by atoms with Gasteiger partial charge in [-0.2, -0.15) is 5.26 Å². The highest BCUT2D eigenvalue weighted by molar-refractivity contribution is 6.11. The number of aryl methyl sites for hydroxylation is 1. The summed E-state index contributed by atoms with van der Waals surface area (Å²) in [7, 11) is 1.76. The number of rotatable bonds is 1. The van der Waals surface area contributed by atoms with Crippen LogP contribution in [0, 0.1) is 16.7 Å². The van der Waals surface area contributed by atoms with E-state index in [-0.39, 0.29) is 17.4 Å². The molecule has 1 aliphatic rings. The number of hydrogen-bond acceptors (Lipinski definition) is 4. The molecule has 5 heteroatoms. The Morgan fingerprint density at radius 2 is 2.10 bits per heavy atom. The van der Waals surface area contributed by atoms with E-state index in [4.69, 9.17) is 10.1 Å². The molecule has 0 spiro atoms. The van der Waals surface area contributed by atoms with E-state index in [0.717, 1.165) is 10.9 Å². The minimum Gasteiger partial charge on any atom is -0.494 e. The van der Waals surface area contributed by atoms with E-state index in [9.17, 15) is 10.4 Å². The number of hydrogen-bond donors (Lipinski definition) is 2. The van der Waals surface area contributed by atoms with Gasteiger partial charge >= 0.3 is 0 Å². The summed E-state index contributed by atoms with van der Waals surface area (Å²) in [6.07, 6.45) is -0.422. The normalized spacial score (nSPS) is 18.4. The number of aromatic hydroxyl groups is 1. The van der Waals surface area contributed by atoms with E-state index in [2.05, 4.69) is 0 Å². The lowest BCUT2D eigenvalue weighted by molar-refractivity contribution is 0.276. The molecule has 2 N–H and O–H groups in total. The number of nitrogens with one attached hydrogen (secondary N) is 1. The Morgan fingerprint density at radius 1 is 1.40 bits per heavy atom. The van der Waals surface area contributed by atoms with E-state index >= 15 is 0 Å². The second-order valence-corrected chi connectivity index (χ2v) is 4.76. The minimum absolute atomic E-state index is 0.0825. The monoisotopic (exact) mass is 267 g/mol. The fourth-order valence-electron chi connectivity index (χ4n) is 2.70. The standard InChI is InChI=1S/C15H13N3O2/c1-8-12(10(7-16)14(17)20-8)13-9-5-3-4-6-11(9)18(2)15(13)19/h3-6,8,17,19H,1-2H3. The molecule has 2 aromatic rings. The van der Waals surface area contributed by atoms with Crippen LogP contribution in [0.15, 0.2) is 29.8 Å². The molecule has 20 heavy (non-hydrogen) atoms. The van der Waals surface area contributed by atoms with Gasteiger partial charge in [-0.1, -0.05) is 18.2 Å². The van der Waals surface area contributed by atoms with E-state index < -0.39 is 6.10 Å². The fraction of sp³-hybridized carbons (Fsp3) is 0.200. The Morgan fingerprint density at radius 3 is 2.80 bits per heavy atom. The number of para-hydroxylation sites is 1. The average Bonchev–Trinajstić information content (AvgIpc) is 2.85. The van der Waals surface area contributed by atoms with Crippen LogP contribution in [-0.2, 0) is 11.8 Å². The van der Waals surface area contributed by atoms with Gasteiger partial charge in [-0.25, -0.2) is 0 Å². The molecular formula is C15H13N3O2. The Bertz CT molecular complexity index is 808. The van der Waals surface area contributed by atoms with Gasteiger partial charge in [0.1, 0.15) is 17.7 Å². The predicted molar refractivity (Wildman–Crippen MR) is 75.4 cm³/mol. The third-order valence-corrected chi connectivity index (χ3v) is 3.65. The Labute approximate surface area is 115 Å². The number of nitrogens with zero attached hydrogens (tertiary/aromatic N) is 2. The smallest absolute Gasteiger partial charge is 0.225 e. The summed E-state index contributed by atoms with van der Waals surface area (Å²) < 4.78 is 6.98. The van der Waals surface area contributed by atoms with Crippen molar-refractivity contribution in [2.45, 2.75) is 13.0 Å². The molecule has 0 aliphatic carbocycles. The number of benzene rings is 1. The second kappa shape index (κ2) is 4.14. The van der Waals surface area contributed by atoms with Crippen molar-refractivity contribution in [3.05, 3.63) is 35.4 Å². The highest BCUT2D eigenvalue weighted by atomic mass is 16.5. The third-order valence-electron chi connectivity index (χ3n) is 3.65. The van der Waals surface area contributed by atoms with Crippen molar-refractivity contribution in [2.24, 2.45) is 7.05 Å². The Hall–Kier alpha value is -2.74. The van der Waals surface area contributed by atoms with Crippen LogP contribution in [0.2, 0.25) is 0 Å². The van der Waals surface area contributed by atoms with Gasteiger partial charge in [-0.05, 0) is 13.0 Å². The molecule has 1 aliphatic heterocycles. The Kier molecular flexibility index (Phi) is 2.54. The summed E-state index contributed by atoms with van der Waals surface area (Å²) in [5.41, 5.74) is 2.21. The highest BCUT2D eigenvalue weighted by Crippen LogP contribution is 2.41. The molecule has 0 radical (unpaired) electrons. The summed E-state index contributed by atoms with van der Waals surface area (Å²) in [5, 5.41) is 28.2. The lowest BCUT2D eigenvalue weighted by Gasteiger charge is -2.08. The molecule has 3 rings (SSSR count). The van der Waals surface area contributed by atoms with Crippen LogP contribution >= 0.6 is 0 Å². The lowest BCUT2D eigenvalue weighted by atomic mass is 9.97. The summed E-state index contributed by atoms with van der Waals surface area (Å²) in [6.45, 7) is 1.77. The quantitative estimate of drug-likeness (QED) is 0.833. The second-order valence-electron chi connectivity index (χ2n) is 4.76. The first-order chi connectivity index (χ1) is 9.56. The maximum atomic E-state index is 10.4. The zero-order valence-electron chi connectivity index (χ0n) is 11.1. The number of ether oxygens (including phenoxy) is 1. The molecule has 0 saturated heterocycles. The summed E-state index contributed by atoms with van der Waals surface area (Å²) >= 11 is 0. The van der Waals surface area contributed by atoms with Gasteiger partial charge < -0.3 is 14.4 Å². The lowest BCUT2D eigenvalue weighted by Crippen LogP contribution is -2.05. The van der Waals surface area contributed by atoms with E-state index in [1.807, 2.05) is 30.3 Å². The van der Waals surface area contributed by atoms with Crippen LogP contribution in [0.5, 0.6) is 5.88 Å². The maximum Gasteiger partial charge on any atom is 0.225 e. The molecule has 0 saturated carbocycles. The summed E-state index contributed by atoms with van der Waals surface area (Å²) in [6, 6.07) is 9.56. The zero-order valence-corrected chi connectivity index (χ0v) is 11.1. The summed E-state index contributed by atoms with van der Waals surface area (Å²) in [5.74, 6) is -0.0542. The number of aromatic nitrogens is 1. The fourth-order valence-corrected chi connectivity index (χ4v) is 2.70. The van der Waals surface area contributed by atoms with E-state index in [1.165, 1.54) is 0 Å². The minimum atomic E-state index is -0.422. The van der Waals surface area contributed by atoms with Crippen LogP contribution in [0.1, 0.15) is 12.5 Å². The first-order valence-electron chi connectivity index (χ1n) is 6.22. The molecular weight excluding hydrogens is 254 g/mol. The van der Waals surface area contributed by atoms with Gasteiger partial charge in [0, 0.05) is 18.0 Å². The molecule has 0 fully saturated rings. The zero-order chi connectivity index (χ0) is 14.4. The van der Waals surface area contributed by atoms with Crippen molar-refractivity contribution in [3.8, 4) is 11.9 Å². The van der Waals surface area contributed by atoms with Gasteiger partial charge in [0.15, 0.2) is 5.88 Å². The highest BCUT2D eigenvalue weighted by Gasteiger charge is 2.33. The molecule has 1 aromatic carbocycles. The summed E-state index contributed by atoms with van der Waals surface area (Å²) in [4.78, 5) is 0. The van der Waals surface area contributed by atoms with Crippen LogP contribution in [0.4, 0.5) is 0 Å². The van der Waals surface area contributed by atoms with Gasteiger partial charge in [0.25, 0.3) is 0 Å². The largest absolute Gasteiger partial charge is 0.494 e. The van der Waals surface area contributed by atoms with Gasteiger partial charge in [0.05, 0.1) is 11.1 Å². The van der Waals surface area contributed by atoms with Crippen molar-refractivity contribution in [1.29, 1.82) is 10.7 Å². The first-order valence-corrected chi connectivity index (χ1v) is 6.22. The molecule has 1 unspecified atom stereocenters. The molecule has 0 bridgehead atoms. The molecule has 1 atom stereocenters. The van der Waals surface area contributed by atoms with Gasteiger partial charge in [-0.15, -0.1) is 0 Å². The van der Waals surface area contributed by atoms with Crippen molar-refractivity contribution >= 4 is 22.4 Å². The van der Waals surface area contributed by atoms with Crippen molar-refractivity contribution in [2.75, 3.05) is 0 Å². The maximum absolute atomic E-state index is 10.4. The first kappa shape index (κ1) is 12.3. The van der Waals surface area contributed by atoms with Gasteiger partial charge in [0.2, 0.25) is 5.90 Å². The molecule has 0 amide bonds. The third kappa shape index (κ3) is 1.45. The topological polar surface area (TPSA) is 82.0 Å². The SMILES string of the molecule is CC1OC(=N)C(C#N)=C1c1c(O)n(C)c2ccccc12.